The molecule has 1 aromatic carbocycles. The van der Waals surface area contributed by atoms with Gasteiger partial charge in [-0.1, -0.05) is 24.3 Å². The maximum atomic E-state index is 11.9. The van der Waals surface area contributed by atoms with Crippen molar-refractivity contribution in [3.8, 4) is 0 Å². The molecule has 1 N–H and O–H groups in total. The molecule has 126 valence electrons. The van der Waals surface area contributed by atoms with E-state index in [2.05, 4.69) is 21.1 Å². The lowest BCUT2D eigenvalue weighted by Crippen LogP contribution is -2.32. The Morgan fingerprint density at radius 2 is 1.78 bits per heavy atom. The number of benzene rings is 1. The lowest BCUT2D eigenvalue weighted by molar-refractivity contribution is -0.270. The summed E-state index contributed by atoms with van der Waals surface area (Å²) in [6.45, 7) is 6.02. The van der Waals surface area contributed by atoms with E-state index in [0.29, 0.717) is 0 Å². The van der Waals surface area contributed by atoms with Gasteiger partial charge in [-0.15, -0.1) is 0 Å². The fourth-order valence-electron chi connectivity index (χ4n) is 1.25. The molecule has 1 rings (SSSR count). The Kier molecular flexibility index (Phi) is 6.73. The van der Waals surface area contributed by atoms with Crippen LogP contribution in [0, 0.1) is 6.92 Å². The Morgan fingerprint density at radius 1 is 1.17 bits per heavy atom. The predicted octanol–water partition coefficient (Wildman–Crippen LogP) is 1.46. The van der Waals surface area contributed by atoms with Crippen LogP contribution in [0.2, 0.25) is 0 Å². The topological polar surface area (TPSA) is 108 Å². The minimum atomic E-state index is -4.01. The standard InChI is InChI=1S/C14H17NO7S/c1-10(2)13(16)22-21-9-8-20-14(17)15-23(18,19)12-6-4-11(3)5-7-12/h4-7H,1,8-9H2,2-3H3,(H,15,17). The molecule has 0 radical (unpaired) electrons. The van der Waals surface area contributed by atoms with Crippen LogP contribution >= 0.6 is 0 Å². The summed E-state index contributed by atoms with van der Waals surface area (Å²) in [4.78, 5) is 31.1. The van der Waals surface area contributed by atoms with Crippen molar-refractivity contribution in [2.24, 2.45) is 0 Å². The summed E-state index contributed by atoms with van der Waals surface area (Å²) in [5, 5.41) is 0. The third-order valence-corrected chi connectivity index (χ3v) is 3.76. The van der Waals surface area contributed by atoms with E-state index in [9.17, 15) is 18.0 Å². The van der Waals surface area contributed by atoms with E-state index in [1.54, 1.807) is 23.8 Å². The molecular weight excluding hydrogens is 326 g/mol. The van der Waals surface area contributed by atoms with E-state index in [-0.39, 0.29) is 23.7 Å². The van der Waals surface area contributed by atoms with Crippen molar-refractivity contribution >= 4 is 22.1 Å². The summed E-state index contributed by atoms with van der Waals surface area (Å²) in [5.74, 6) is -0.753. The summed E-state index contributed by atoms with van der Waals surface area (Å²) >= 11 is 0. The molecule has 1 aromatic rings. The van der Waals surface area contributed by atoms with Crippen LogP contribution in [0.4, 0.5) is 4.79 Å². The molecule has 0 bridgehead atoms. The first-order valence-corrected chi connectivity index (χ1v) is 7.96. The van der Waals surface area contributed by atoms with Crippen molar-refractivity contribution in [1.82, 2.24) is 4.72 Å². The van der Waals surface area contributed by atoms with Gasteiger partial charge in [-0.3, -0.25) is 4.89 Å². The van der Waals surface area contributed by atoms with Crippen LogP contribution < -0.4 is 4.72 Å². The first kappa shape index (κ1) is 18.7. The molecule has 8 nitrogen and oxygen atoms in total. The highest BCUT2D eigenvalue weighted by Gasteiger charge is 2.18. The monoisotopic (exact) mass is 343 g/mol. The SMILES string of the molecule is C=C(C)C(=O)OOCCOC(=O)NS(=O)(=O)c1ccc(C)cc1. The Labute approximate surface area is 134 Å². The fourth-order valence-corrected chi connectivity index (χ4v) is 2.14. The van der Waals surface area contributed by atoms with Gasteiger partial charge in [-0.25, -0.2) is 22.7 Å². The molecule has 0 saturated heterocycles. The third-order valence-electron chi connectivity index (χ3n) is 2.43. The first-order valence-electron chi connectivity index (χ1n) is 6.48. The number of hydrogen-bond acceptors (Lipinski definition) is 7. The Morgan fingerprint density at radius 3 is 2.35 bits per heavy atom. The van der Waals surface area contributed by atoms with E-state index in [4.69, 9.17) is 0 Å². The van der Waals surface area contributed by atoms with Crippen molar-refractivity contribution in [3.05, 3.63) is 42.0 Å². The van der Waals surface area contributed by atoms with E-state index in [1.165, 1.54) is 19.1 Å². The Balaban J connectivity index is 2.37. The highest BCUT2D eigenvalue weighted by atomic mass is 32.2. The summed E-state index contributed by atoms with van der Waals surface area (Å²) in [7, 11) is -4.01. The van der Waals surface area contributed by atoms with Gasteiger partial charge < -0.3 is 4.74 Å². The van der Waals surface area contributed by atoms with Gasteiger partial charge in [-0.05, 0) is 26.0 Å². The Bertz CT molecular complexity index is 680. The zero-order chi connectivity index (χ0) is 17.5. The number of aryl methyl sites for hydroxylation is 1. The van der Waals surface area contributed by atoms with Crippen LogP contribution in [-0.4, -0.2) is 33.7 Å². The second-order valence-corrected chi connectivity index (χ2v) is 6.21. The van der Waals surface area contributed by atoms with Crippen molar-refractivity contribution in [3.63, 3.8) is 0 Å². The second-order valence-electron chi connectivity index (χ2n) is 4.53. The zero-order valence-corrected chi connectivity index (χ0v) is 13.5. The molecule has 0 fully saturated rings. The largest absolute Gasteiger partial charge is 0.446 e. The fraction of sp³-hybridized carbons (Fsp3) is 0.286. The molecule has 0 aliphatic carbocycles. The van der Waals surface area contributed by atoms with Crippen LogP contribution in [0.3, 0.4) is 0 Å². The van der Waals surface area contributed by atoms with E-state index < -0.39 is 22.1 Å². The molecular formula is C14H17NO7S. The van der Waals surface area contributed by atoms with Gasteiger partial charge in [0, 0.05) is 5.57 Å². The number of carbonyl (C=O) groups is 2. The van der Waals surface area contributed by atoms with Crippen LogP contribution in [0.15, 0.2) is 41.3 Å². The first-order chi connectivity index (χ1) is 10.7. The summed E-state index contributed by atoms with van der Waals surface area (Å²) < 4.78 is 30.1. The maximum Gasteiger partial charge on any atom is 0.421 e. The normalized spacial score (nSPS) is 10.7. The molecule has 0 aromatic heterocycles. The summed E-state index contributed by atoms with van der Waals surface area (Å²) in [5.41, 5.74) is 1.03. The molecule has 0 atom stereocenters. The molecule has 0 heterocycles. The molecule has 1 amide bonds. The molecule has 0 saturated carbocycles. The lowest BCUT2D eigenvalue weighted by Gasteiger charge is -2.08. The average molecular weight is 343 g/mol. The van der Waals surface area contributed by atoms with E-state index in [0.717, 1.165) is 5.56 Å². The van der Waals surface area contributed by atoms with Gasteiger partial charge in [0.1, 0.15) is 13.2 Å². The van der Waals surface area contributed by atoms with Gasteiger partial charge in [0.15, 0.2) is 0 Å². The third kappa shape index (κ3) is 6.49. The Hall–Kier alpha value is -2.39. The second kappa shape index (κ2) is 8.30. The number of ether oxygens (including phenoxy) is 1. The molecule has 0 aliphatic rings. The summed E-state index contributed by atoms with van der Waals surface area (Å²) in [6.07, 6.45) is -1.17. The number of rotatable bonds is 7. The zero-order valence-electron chi connectivity index (χ0n) is 12.7. The van der Waals surface area contributed by atoms with Gasteiger partial charge in [0.25, 0.3) is 10.0 Å². The average Bonchev–Trinajstić information content (AvgIpc) is 2.46. The number of carbonyl (C=O) groups excluding carboxylic acids is 2. The van der Waals surface area contributed by atoms with E-state index in [1.807, 2.05) is 0 Å². The van der Waals surface area contributed by atoms with Crippen LogP contribution in [0.25, 0.3) is 0 Å². The number of hydrogen-bond donors (Lipinski definition) is 1. The quantitative estimate of drug-likeness (QED) is 0.345. The van der Waals surface area contributed by atoms with Gasteiger partial charge in [0.05, 0.1) is 4.90 Å². The van der Waals surface area contributed by atoms with Gasteiger partial charge in [0.2, 0.25) is 0 Å². The molecule has 9 heteroatoms. The minimum absolute atomic E-state index is 0.0633. The lowest BCUT2D eigenvalue weighted by atomic mass is 10.2. The van der Waals surface area contributed by atoms with Gasteiger partial charge >= 0.3 is 12.1 Å². The highest BCUT2D eigenvalue weighted by Crippen LogP contribution is 2.09. The predicted molar refractivity (Wildman–Crippen MR) is 79.7 cm³/mol. The van der Waals surface area contributed by atoms with Crippen molar-refractivity contribution in [2.45, 2.75) is 18.7 Å². The van der Waals surface area contributed by atoms with Gasteiger partial charge in [-0.2, -0.15) is 4.89 Å². The molecule has 0 spiro atoms. The van der Waals surface area contributed by atoms with E-state index >= 15 is 0 Å². The van der Waals surface area contributed by atoms with Crippen LogP contribution in [0.5, 0.6) is 0 Å². The van der Waals surface area contributed by atoms with Crippen molar-refractivity contribution < 1.29 is 32.5 Å². The number of nitrogens with one attached hydrogen (secondary N) is 1. The highest BCUT2D eigenvalue weighted by molar-refractivity contribution is 7.90. The minimum Gasteiger partial charge on any atom is -0.446 e. The van der Waals surface area contributed by atoms with Crippen molar-refractivity contribution in [2.75, 3.05) is 13.2 Å². The number of amides is 1. The molecule has 23 heavy (non-hydrogen) atoms. The smallest absolute Gasteiger partial charge is 0.421 e. The molecule has 0 aliphatic heterocycles. The van der Waals surface area contributed by atoms with Crippen LogP contribution in [-0.2, 0) is 29.3 Å². The van der Waals surface area contributed by atoms with Crippen LogP contribution in [0.1, 0.15) is 12.5 Å². The maximum absolute atomic E-state index is 11.9. The number of sulfonamides is 1. The summed E-state index contributed by atoms with van der Waals surface area (Å²) in [6, 6.07) is 5.93. The molecule has 0 unspecified atom stereocenters. The van der Waals surface area contributed by atoms with Crippen molar-refractivity contribution in [1.29, 1.82) is 0 Å².